The van der Waals surface area contributed by atoms with Crippen molar-refractivity contribution in [2.45, 2.75) is 39.7 Å². The van der Waals surface area contributed by atoms with E-state index in [0.717, 1.165) is 18.7 Å². The molecule has 0 atom stereocenters. The number of rotatable bonds is 3. The van der Waals surface area contributed by atoms with Gasteiger partial charge in [0.05, 0.1) is 5.69 Å². The number of halogens is 1. The van der Waals surface area contributed by atoms with Gasteiger partial charge in [0.1, 0.15) is 4.47 Å². The number of hydrogen-bond donors (Lipinski definition) is 1. The number of aromatic amines is 1. The van der Waals surface area contributed by atoms with Crippen molar-refractivity contribution >= 4 is 15.9 Å². The van der Waals surface area contributed by atoms with Crippen molar-refractivity contribution in [2.24, 2.45) is 0 Å². The summed E-state index contributed by atoms with van der Waals surface area (Å²) >= 11 is 3.31. The zero-order valence-electron chi connectivity index (χ0n) is 8.22. The molecule has 0 aromatic carbocycles. The Hall–Kier alpha value is -0.510. The summed E-state index contributed by atoms with van der Waals surface area (Å²) in [7, 11) is 0. The zero-order valence-corrected chi connectivity index (χ0v) is 9.81. The molecule has 0 saturated heterocycles. The van der Waals surface area contributed by atoms with E-state index in [4.69, 9.17) is 0 Å². The molecule has 0 spiro atoms. The van der Waals surface area contributed by atoms with E-state index in [1.807, 2.05) is 0 Å². The summed E-state index contributed by atoms with van der Waals surface area (Å²) in [6, 6.07) is 0. The van der Waals surface area contributed by atoms with E-state index in [1.54, 1.807) is 4.68 Å². The van der Waals surface area contributed by atoms with Gasteiger partial charge < -0.3 is 0 Å². The molecule has 0 aliphatic heterocycles. The third kappa shape index (κ3) is 2.05. The Morgan fingerprint density at radius 3 is 2.54 bits per heavy atom. The van der Waals surface area contributed by atoms with Gasteiger partial charge in [-0.25, -0.2) is 0 Å². The van der Waals surface area contributed by atoms with Gasteiger partial charge in [-0.1, -0.05) is 20.8 Å². The predicted octanol–water partition coefficient (Wildman–Crippen LogP) is 2.47. The maximum Gasteiger partial charge on any atom is 0.281 e. The van der Waals surface area contributed by atoms with Crippen molar-refractivity contribution in [3.05, 3.63) is 20.5 Å². The van der Waals surface area contributed by atoms with Crippen molar-refractivity contribution in [2.75, 3.05) is 0 Å². The lowest BCUT2D eigenvalue weighted by Crippen LogP contribution is -2.16. The number of H-pyrrole nitrogens is 1. The summed E-state index contributed by atoms with van der Waals surface area (Å²) < 4.78 is 2.33. The van der Waals surface area contributed by atoms with Crippen LogP contribution in [0.5, 0.6) is 0 Å². The van der Waals surface area contributed by atoms with Gasteiger partial charge in [0.25, 0.3) is 5.56 Å². The van der Waals surface area contributed by atoms with Crippen LogP contribution in [0.15, 0.2) is 9.27 Å². The van der Waals surface area contributed by atoms with Crippen LogP contribution in [0.2, 0.25) is 0 Å². The Balaban J connectivity index is 3.13. The van der Waals surface area contributed by atoms with Crippen molar-refractivity contribution in [3.8, 4) is 0 Å². The van der Waals surface area contributed by atoms with Crippen LogP contribution in [-0.4, -0.2) is 9.78 Å². The summed E-state index contributed by atoms with van der Waals surface area (Å²) in [5.74, 6) is 0.347. The first-order chi connectivity index (χ1) is 6.07. The molecule has 1 aromatic rings. The van der Waals surface area contributed by atoms with Gasteiger partial charge in [0.2, 0.25) is 0 Å². The molecule has 1 aromatic heterocycles. The summed E-state index contributed by atoms with van der Waals surface area (Å²) in [6.45, 7) is 6.93. The van der Waals surface area contributed by atoms with Gasteiger partial charge in [-0.3, -0.25) is 14.6 Å². The van der Waals surface area contributed by atoms with Crippen LogP contribution in [-0.2, 0) is 6.54 Å². The minimum Gasteiger partial charge on any atom is -0.298 e. The normalized spacial score (nSPS) is 11.2. The molecular formula is C9H15BrN2O. The smallest absolute Gasteiger partial charge is 0.281 e. The van der Waals surface area contributed by atoms with Crippen molar-refractivity contribution in [1.29, 1.82) is 0 Å². The molecule has 0 aliphatic rings. The van der Waals surface area contributed by atoms with Gasteiger partial charge in [0.15, 0.2) is 0 Å². The summed E-state index contributed by atoms with van der Waals surface area (Å²) in [5, 5.41) is 3.11. The average Bonchev–Trinajstić information content (AvgIpc) is 2.33. The van der Waals surface area contributed by atoms with Gasteiger partial charge in [-0.2, -0.15) is 0 Å². The second kappa shape index (κ2) is 4.13. The van der Waals surface area contributed by atoms with Gasteiger partial charge in [-0.15, -0.1) is 0 Å². The van der Waals surface area contributed by atoms with Crippen LogP contribution in [0.4, 0.5) is 0 Å². The van der Waals surface area contributed by atoms with Crippen LogP contribution in [0.3, 0.4) is 0 Å². The number of nitrogens with zero attached hydrogens (tertiary/aromatic N) is 1. The average molecular weight is 247 g/mol. The molecule has 0 saturated carbocycles. The van der Waals surface area contributed by atoms with E-state index < -0.39 is 0 Å². The van der Waals surface area contributed by atoms with Crippen molar-refractivity contribution in [3.63, 3.8) is 0 Å². The van der Waals surface area contributed by atoms with E-state index in [2.05, 4.69) is 41.8 Å². The third-order valence-corrected chi connectivity index (χ3v) is 2.72. The lowest BCUT2D eigenvalue weighted by atomic mass is 10.1. The van der Waals surface area contributed by atoms with Crippen LogP contribution >= 0.6 is 15.9 Å². The molecule has 0 fully saturated rings. The molecular weight excluding hydrogens is 232 g/mol. The Labute approximate surface area is 86.3 Å². The molecule has 0 radical (unpaired) electrons. The third-order valence-electron chi connectivity index (χ3n) is 1.95. The molecule has 0 amide bonds. The molecule has 3 nitrogen and oxygen atoms in total. The van der Waals surface area contributed by atoms with Gasteiger partial charge >= 0.3 is 0 Å². The number of hydrogen-bond acceptors (Lipinski definition) is 1. The van der Waals surface area contributed by atoms with Gasteiger partial charge in [0, 0.05) is 6.54 Å². The molecule has 0 bridgehead atoms. The summed E-state index contributed by atoms with van der Waals surface area (Å²) in [4.78, 5) is 11.6. The molecule has 0 unspecified atom stereocenters. The predicted molar refractivity (Wildman–Crippen MR) is 57.1 cm³/mol. The van der Waals surface area contributed by atoms with E-state index in [1.165, 1.54) is 0 Å². The summed E-state index contributed by atoms with van der Waals surface area (Å²) in [6.07, 6.45) is 0.963. The zero-order chi connectivity index (χ0) is 10.0. The Kier molecular flexibility index (Phi) is 3.36. The maximum absolute atomic E-state index is 11.6. The second-order valence-corrected chi connectivity index (χ2v) is 4.24. The summed E-state index contributed by atoms with van der Waals surface area (Å²) in [5.41, 5.74) is 1.03. The SMILES string of the molecule is CCCn1[nH]c(C(C)C)c(Br)c1=O. The topological polar surface area (TPSA) is 37.8 Å². The Morgan fingerprint density at radius 1 is 1.54 bits per heavy atom. The van der Waals surface area contributed by atoms with Crippen LogP contribution in [0.1, 0.15) is 38.8 Å². The highest BCUT2D eigenvalue weighted by Crippen LogP contribution is 2.18. The molecule has 1 rings (SSSR count). The van der Waals surface area contributed by atoms with Gasteiger partial charge in [-0.05, 0) is 28.3 Å². The highest BCUT2D eigenvalue weighted by atomic mass is 79.9. The Morgan fingerprint density at radius 2 is 2.15 bits per heavy atom. The van der Waals surface area contributed by atoms with Crippen LogP contribution in [0.25, 0.3) is 0 Å². The molecule has 1 heterocycles. The quantitative estimate of drug-likeness (QED) is 0.875. The second-order valence-electron chi connectivity index (χ2n) is 3.45. The van der Waals surface area contributed by atoms with Crippen LogP contribution in [0, 0.1) is 0 Å². The monoisotopic (exact) mass is 246 g/mol. The maximum atomic E-state index is 11.6. The van der Waals surface area contributed by atoms with E-state index in [-0.39, 0.29) is 5.56 Å². The number of aromatic nitrogens is 2. The lowest BCUT2D eigenvalue weighted by Gasteiger charge is -2.01. The first-order valence-electron chi connectivity index (χ1n) is 4.56. The van der Waals surface area contributed by atoms with E-state index >= 15 is 0 Å². The number of nitrogens with one attached hydrogen (secondary N) is 1. The minimum atomic E-state index is 0.0468. The van der Waals surface area contributed by atoms with E-state index in [9.17, 15) is 4.79 Å². The first kappa shape index (κ1) is 10.6. The molecule has 74 valence electrons. The fourth-order valence-electron chi connectivity index (χ4n) is 1.24. The largest absolute Gasteiger partial charge is 0.298 e. The Bertz CT molecular complexity index is 338. The highest BCUT2D eigenvalue weighted by molar-refractivity contribution is 9.10. The molecule has 13 heavy (non-hydrogen) atoms. The molecule has 0 aliphatic carbocycles. The van der Waals surface area contributed by atoms with E-state index in [0.29, 0.717) is 10.4 Å². The first-order valence-corrected chi connectivity index (χ1v) is 5.35. The molecule has 4 heteroatoms. The fraction of sp³-hybridized carbons (Fsp3) is 0.667. The van der Waals surface area contributed by atoms with Crippen LogP contribution < -0.4 is 5.56 Å². The fourth-order valence-corrected chi connectivity index (χ4v) is 2.00. The number of aryl methyl sites for hydroxylation is 1. The highest BCUT2D eigenvalue weighted by Gasteiger charge is 2.13. The minimum absolute atomic E-state index is 0.0468. The van der Waals surface area contributed by atoms with Crippen molar-refractivity contribution < 1.29 is 0 Å². The molecule has 1 N–H and O–H groups in total. The van der Waals surface area contributed by atoms with Crippen molar-refractivity contribution in [1.82, 2.24) is 9.78 Å². The standard InChI is InChI=1S/C9H15BrN2O/c1-4-5-12-9(13)7(10)8(11-12)6(2)3/h6,11H,4-5H2,1-3H3. The lowest BCUT2D eigenvalue weighted by molar-refractivity contribution is 0.572.